The van der Waals surface area contributed by atoms with Gasteiger partial charge in [-0.15, -0.1) is 0 Å². The molecule has 0 unspecified atom stereocenters. The van der Waals surface area contributed by atoms with E-state index >= 15 is 0 Å². The highest BCUT2D eigenvalue weighted by atomic mass is 32.2. The number of ether oxygens (including phenoxy) is 2. The molecule has 0 aromatic heterocycles. The fraction of sp³-hybridized carbons (Fsp3) is 0.462. The molecule has 5 heteroatoms. The molecule has 0 saturated heterocycles. The van der Waals surface area contributed by atoms with Crippen molar-refractivity contribution >= 4 is 17.7 Å². The first kappa shape index (κ1) is 14.7. The molecule has 0 radical (unpaired) electrons. The SMILES string of the molecule is CCSCC(=O)NCc1ccc(OC)c(OC)c1. The number of nitrogens with one attached hydrogen (secondary N) is 1. The number of carbonyl (C=O) groups excluding carboxylic acids is 1. The molecule has 100 valence electrons. The van der Waals surface area contributed by atoms with Crippen molar-refractivity contribution in [2.24, 2.45) is 0 Å². The Labute approximate surface area is 112 Å². The molecule has 0 aliphatic heterocycles. The van der Waals surface area contributed by atoms with E-state index in [0.29, 0.717) is 23.8 Å². The van der Waals surface area contributed by atoms with Crippen LogP contribution in [0.3, 0.4) is 0 Å². The minimum absolute atomic E-state index is 0.0524. The summed E-state index contributed by atoms with van der Waals surface area (Å²) in [5.74, 6) is 2.87. The van der Waals surface area contributed by atoms with Crippen molar-refractivity contribution in [3.05, 3.63) is 23.8 Å². The van der Waals surface area contributed by atoms with Gasteiger partial charge in [-0.3, -0.25) is 4.79 Å². The van der Waals surface area contributed by atoms with E-state index in [2.05, 4.69) is 5.32 Å². The quantitative estimate of drug-likeness (QED) is 0.823. The van der Waals surface area contributed by atoms with Gasteiger partial charge in [0.25, 0.3) is 0 Å². The van der Waals surface area contributed by atoms with E-state index in [9.17, 15) is 4.79 Å². The molecular formula is C13H19NO3S. The second-order valence-corrected chi connectivity index (χ2v) is 4.88. The number of amides is 1. The van der Waals surface area contributed by atoms with Crippen molar-refractivity contribution in [2.45, 2.75) is 13.5 Å². The van der Waals surface area contributed by atoms with Crippen LogP contribution < -0.4 is 14.8 Å². The van der Waals surface area contributed by atoms with Crippen LogP contribution in [0.1, 0.15) is 12.5 Å². The number of thioether (sulfide) groups is 1. The van der Waals surface area contributed by atoms with Crippen LogP contribution in [-0.2, 0) is 11.3 Å². The molecule has 0 fully saturated rings. The molecule has 4 nitrogen and oxygen atoms in total. The van der Waals surface area contributed by atoms with Gasteiger partial charge in [0, 0.05) is 6.54 Å². The zero-order valence-corrected chi connectivity index (χ0v) is 11.8. The molecular weight excluding hydrogens is 250 g/mol. The summed E-state index contributed by atoms with van der Waals surface area (Å²) in [5.41, 5.74) is 0.988. The van der Waals surface area contributed by atoms with E-state index < -0.39 is 0 Å². The number of rotatable bonds is 7. The second kappa shape index (κ2) is 7.87. The maximum Gasteiger partial charge on any atom is 0.230 e. The van der Waals surface area contributed by atoms with Crippen LogP contribution in [0.25, 0.3) is 0 Å². The zero-order chi connectivity index (χ0) is 13.4. The van der Waals surface area contributed by atoms with Crippen molar-refractivity contribution in [3.8, 4) is 11.5 Å². The molecule has 0 aliphatic rings. The van der Waals surface area contributed by atoms with Crippen molar-refractivity contribution in [3.63, 3.8) is 0 Å². The molecule has 1 amide bonds. The molecule has 0 atom stereocenters. The molecule has 0 heterocycles. The maximum absolute atomic E-state index is 11.5. The summed E-state index contributed by atoms with van der Waals surface area (Å²) < 4.78 is 10.4. The number of benzene rings is 1. The summed E-state index contributed by atoms with van der Waals surface area (Å²) in [6, 6.07) is 5.61. The molecule has 1 aromatic rings. The van der Waals surface area contributed by atoms with Gasteiger partial charge >= 0.3 is 0 Å². The number of methoxy groups -OCH3 is 2. The lowest BCUT2D eigenvalue weighted by Crippen LogP contribution is -2.24. The highest BCUT2D eigenvalue weighted by Crippen LogP contribution is 2.27. The average molecular weight is 269 g/mol. The molecule has 0 aliphatic carbocycles. The van der Waals surface area contributed by atoms with Gasteiger partial charge in [-0.2, -0.15) is 11.8 Å². The van der Waals surface area contributed by atoms with Crippen LogP contribution >= 0.6 is 11.8 Å². The maximum atomic E-state index is 11.5. The lowest BCUT2D eigenvalue weighted by atomic mass is 10.2. The van der Waals surface area contributed by atoms with Crippen LogP contribution in [0.4, 0.5) is 0 Å². The molecule has 1 rings (SSSR count). The highest BCUT2D eigenvalue weighted by Gasteiger charge is 2.05. The predicted octanol–water partition coefficient (Wildman–Crippen LogP) is 2.07. The normalized spacial score (nSPS) is 9.94. The fourth-order valence-electron chi connectivity index (χ4n) is 1.44. The van der Waals surface area contributed by atoms with Gasteiger partial charge < -0.3 is 14.8 Å². The largest absolute Gasteiger partial charge is 0.493 e. The van der Waals surface area contributed by atoms with Crippen LogP contribution in [-0.4, -0.2) is 31.6 Å². The Morgan fingerprint density at radius 2 is 2.00 bits per heavy atom. The van der Waals surface area contributed by atoms with Crippen molar-refractivity contribution in [2.75, 3.05) is 25.7 Å². The third-order valence-corrected chi connectivity index (χ3v) is 3.25. The number of hydrogen-bond acceptors (Lipinski definition) is 4. The Bertz CT molecular complexity index is 396. The lowest BCUT2D eigenvalue weighted by Gasteiger charge is -2.10. The standard InChI is InChI=1S/C13H19NO3S/c1-4-18-9-13(15)14-8-10-5-6-11(16-2)12(7-10)17-3/h5-7H,4,8-9H2,1-3H3,(H,14,15). The topological polar surface area (TPSA) is 47.6 Å². The number of hydrogen-bond donors (Lipinski definition) is 1. The minimum Gasteiger partial charge on any atom is -0.493 e. The highest BCUT2D eigenvalue weighted by molar-refractivity contribution is 7.99. The van der Waals surface area contributed by atoms with Gasteiger partial charge in [-0.1, -0.05) is 13.0 Å². The average Bonchev–Trinajstić information content (AvgIpc) is 2.42. The predicted molar refractivity (Wildman–Crippen MR) is 74.4 cm³/mol. The summed E-state index contributed by atoms with van der Waals surface area (Å²) in [4.78, 5) is 11.5. The first-order valence-corrected chi connectivity index (χ1v) is 6.92. The second-order valence-electron chi connectivity index (χ2n) is 3.60. The fourth-order valence-corrected chi connectivity index (χ4v) is 1.93. The zero-order valence-electron chi connectivity index (χ0n) is 11.0. The summed E-state index contributed by atoms with van der Waals surface area (Å²) >= 11 is 1.61. The Morgan fingerprint density at radius 3 is 2.61 bits per heavy atom. The Balaban J connectivity index is 2.55. The third kappa shape index (κ3) is 4.49. The summed E-state index contributed by atoms with van der Waals surface area (Å²) in [6.45, 7) is 2.54. The van der Waals surface area contributed by atoms with E-state index in [1.165, 1.54) is 0 Å². The van der Waals surface area contributed by atoms with Crippen molar-refractivity contribution in [1.29, 1.82) is 0 Å². The van der Waals surface area contributed by atoms with Crippen molar-refractivity contribution < 1.29 is 14.3 Å². The number of carbonyl (C=O) groups is 1. The Kier molecular flexibility index (Phi) is 6.43. The summed E-state index contributed by atoms with van der Waals surface area (Å²) in [7, 11) is 3.19. The summed E-state index contributed by atoms with van der Waals surface area (Å²) in [5, 5.41) is 2.87. The minimum atomic E-state index is 0.0524. The third-order valence-electron chi connectivity index (χ3n) is 2.37. The van der Waals surface area contributed by atoms with Crippen molar-refractivity contribution in [1.82, 2.24) is 5.32 Å². The van der Waals surface area contributed by atoms with Crippen LogP contribution in [0, 0.1) is 0 Å². The Hall–Kier alpha value is -1.36. The molecule has 1 N–H and O–H groups in total. The monoisotopic (exact) mass is 269 g/mol. The van der Waals surface area contributed by atoms with E-state index in [-0.39, 0.29) is 5.91 Å². The van der Waals surface area contributed by atoms with Crippen LogP contribution in [0.2, 0.25) is 0 Å². The van der Waals surface area contributed by atoms with Gasteiger partial charge in [0.2, 0.25) is 5.91 Å². The van der Waals surface area contributed by atoms with E-state index in [0.717, 1.165) is 11.3 Å². The lowest BCUT2D eigenvalue weighted by molar-refractivity contribution is -0.118. The van der Waals surface area contributed by atoms with Gasteiger partial charge in [-0.05, 0) is 23.4 Å². The van der Waals surface area contributed by atoms with E-state index in [1.807, 2.05) is 25.1 Å². The van der Waals surface area contributed by atoms with Gasteiger partial charge in [0.1, 0.15) is 0 Å². The molecule has 0 saturated carbocycles. The first-order valence-electron chi connectivity index (χ1n) is 5.76. The van der Waals surface area contributed by atoms with E-state index in [4.69, 9.17) is 9.47 Å². The van der Waals surface area contributed by atoms with E-state index in [1.54, 1.807) is 26.0 Å². The molecule has 0 spiro atoms. The smallest absolute Gasteiger partial charge is 0.230 e. The molecule has 18 heavy (non-hydrogen) atoms. The molecule has 1 aromatic carbocycles. The first-order chi connectivity index (χ1) is 8.71. The summed E-state index contributed by atoms with van der Waals surface area (Å²) in [6.07, 6.45) is 0. The molecule has 0 bridgehead atoms. The Morgan fingerprint density at radius 1 is 1.28 bits per heavy atom. The van der Waals surface area contributed by atoms with Gasteiger partial charge in [0.15, 0.2) is 11.5 Å². The van der Waals surface area contributed by atoms with Gasteiger partial charge in [0.05, 0.1) is 20.0 Å². The van der Waals surface area contributed by atoms with Crippen LogP contribution in [0.5, 0.6) is 11.5 Å². The van der Waals surface area contributed by atoms with Gasteiger partial charge in [-0.25, -0.2) is 0 Å². The van der Waals surface area contributed by atoms with Crippen LogP contribution in [0.15, 0.2) is 18.2 Å².